The number of aromatic nitrogens is 1. The van der Waals surface area contributed by atoms with Gasteiger partial charge < -0.3 is 15.7 Å². The number of nitrogens with zero attached hydrogens (tertiary/aromatic N) is 3. The number of hydrogen-bond acceptors (Lipinski definition) is 6. The molecule has 1 amide bonds. The average Bonchev–Trinajstić information content (AvgIpc) is 2.79. The predicted molar refractivity (Wildman–Crippen MR) is 72.0 cm³/mol. The van der Waals surface area contributed by atoms with Crippen molar-refractivity contribution >= 4 is 23.4 Å². The fourth-order valence-electron chi connectivity index (χ4n) is 2.53. The predicted octanol–water partition coefficient (Wildman–Crippen LogP) is 0.388. The summed E-state index contributed by atoms with van der Waals surface area (Å²) in [6.07, 6.45) is 1.44. The first-order valence-electron chi connectivity index (χ1n) is 6.26. The minimum Gasteiger partial charge on any atom is -0.481 e. The normalized spacial score (nSPS) is 21.3. The molecule has 2 atom stereocenters. The van der Waals surface area contributed by atoms with Gasteiger partial charge in [-0.1, -0.05) is 0 Å². The quantitative estimate of drug-likeness (QED) is 0.604. The molecule has 1 fully saturated rings. The van der Waals surface area contributed by atoms with Crippen LogP contribution in [0.15, 0.2) is 12.3 Å². The number of amides is 1. The van der Waals surface area contributed by atoms with Gasteiger partial charge in [-0.25, -0.2) is 4.98 Å². The Bertz CT molecular complexity index is 618. The highest BCUT2D eigenvalue weighted by atomic mass is 16.6. The third-order valence-corrected chi connectivity index (χ3v) is 3.67. The lowest BCUT2D eigenvalue weighted by Gasteiger charge is -2.25. The standard InChI is InChI=1S/C12H14N4O5/c1-6-8(12(18)19)2-3-15(6)11-9(10(13)17)4-7(5-14-11)16(20)21/h4-6,8H,2-3H2,1H3,(H2,13,17)(H,18,19). The summed E-state index contributed by atoms with van der Waals surface area (Å²) in [6, 6.07) is 0.681. The molecule has 9 nitrogen and oxygen atoms in total. The molecule has 0 radical (unpaired) electrons. The van der Waals surface area contributed by atoms with Crippen LogP contribution in [0.3, 0.4) is 0 Å². The molecule has 1 aromatic rings. The van der Waals surface area contributed by atoms with Crippen molar-refractivity contribution in [2.75, 3.05) is 11.4 Å². The minimum absolute atomic E-state index is 0.0814. The van der Waals surface area contributed by atoms with E-state index in [-0.39, 0.29) is 23.1 Å². The number of rotatable bonds is 4. The molecule has 2 heterocycles. The van der Waals surface area contributed by atoms with Crippen LogP contribution in [0.1, 0.15) is 23.7 Å². The Labute approximate surface area is 119 Å². The fraction of sp³-hybridized carbons (Fsp3) is 0.417. The van der Waals surface area contributed by atoms with E-state index < -0.39 is 22.7 Å². The van der Waals surface area contributed by atoms with E-state index in [9.17, 15) is 19.7 Å². The second-order valence-electron chi connectivity index (χ2n) is 4.85. The number of anilines is 1. The largest absolute Gasteiger partial charge is 0.481 e. The average molecular weight is 294 g/mol. The van der Waals surface area contributed by atoms with Crippen molar-refractivity contribution in [3.05, 3.63) is 27.9 Å². The number of carbonyl (C=O) groups excluding carboxylic acids is 1. The van der Waals surface area contributed by atoms with Crippen LogP contribution < -0.4 is 10.6 Å². The summed E-state index contributed by atoms with van der Waals surface area (Å²) in [6.45, 7) is 2.10. The van der Waals surface area contributed by atoms with Crippen LogP contribution in [0.2, 0.25) is 0 Å². The highest BCUT2D eigenvalue weighted by molar-refractivity contribution is 5.98. The lowest BCUT2D eigenvalue weighted by atomic mass is 10.0. The SMILES string of the molecule is CC1C(C(=O)O)CCN1c1ncc([N+](=O)[O-])cc1C(N)=O. The van der Waals surface area contributed by atoms with Gasteiger partial charge in [-0.05, 0) is 13.3 Å². The molecule has 1 saturated heterocycles. The molecule has 112 valence electrons. The molecular formula is C12H14N4O5. The third-order valence-electron chi connectivity index (χ3n) is 3.67. The van der Waals surface area contributed by atoms with Crippen molar-refractivity contribution in [1.82, 2.24) is 4.98 Å². The van der Waals surface area contributed by atoms with Crippen LogP contribution in [0, 0.1) is 16.0 Å². The Kier molecular flexibility index (Phi) is 3.74. The van der Waals surface area contributed by atoms with Gasteiger partial charge >= 0.3 is 5.97 Å². The lowest BCUT2D eigenvalue weighted by Crippen LogP contribution is -2.35. The number of pyridine rings is 1. The number of primary amides is 1. The highest BCUT2D eigenvalue weighted by Crippen LogP contribution is 2.31. The second kappa shape index (κ2) is 5.35. The van der Waals surface area contributed by atoms with E-state index in [4.69, 9.17) is 10.8 Å². The molecule has 0 aromatic carbocycles. The zero-order valence-corrected chi connectivity index (χ0v) is 11.2. The fourth-order valence-corrected chi connectivity index (χ4v) is 2.53. The molecule has 3 N–H and O–H groups in total. The van der Waals surface area contributed by atoms with Gasteiger partial charge in [0, 0.05) is 18.7 Å². The Hall–Kier alpha value is -2.71. The number of carbonyl (C=O) groups is 2. The first-order chi connectivity index (χ1) is 9.82. The molecule has 0 aliphatic carbocycles. The number of carboxylic acid groups (broad SMARTS) is 1. The molecule has 1 aliphatic rings. The maximum absolute atomic E-state index is 11.5. The van der Waals surface area contributed by atoms with Gasteiger partial charge in [0.05, 0.1) is 16.4 Å². The Morgan fingerprint density at radius 3 is 2.71 bits per heavy atom. The number of carboxylic acids is 1. The monoisotopic (exact) mass is 294 g/mol. The van der Waals surface area contributed by atoms with Gasteiger partial charge in [-0.2, -0.15) is 0 Å². The summed E-state index contributed by atoms with van der Waals surface area (Å²) >= 11 is 0. The Morgan fingerprint density at radius 1 is 1.57 bits per heavy atom. The van der Waals surface area contributed by atoms with Crippen molar-refractivity contribution in [1.29, 1.82) is 0 Å². The molecule has 1 aromatic heterocycles. The zero-order chi connectivity index (χ0) is 15.7. The van der Waals surface area contributed by atoms with Crippen LogP contribution in [0.5, 0.6) is 0 Å². The molecule has 2 rings (SSSR count). The number of hydrogen-bond donors (Lipinski definition) is 2. The van der Waals surface area contributed by atoms with Gasteiger partial charge in [-0.3, -0.25) is 19.7 Å². The van der Waals surface area contributed by atoms with Gasteiger partial charge in [0.15, 0.2) is 0 Å². The van der Waals surface area contributed by atoms with E-state index in [1.807, 2.05) is 0 Å². The third kappa shape index (κ3) is 2.62. The summed E-state index contributed by atoms with van der Waals surface area (Å²) in [4.78, 5) is 38.3. The number of nitrogens with two attached hydrogens (primary N) is 1. The van der Waals surface area contributed by atoms with Crippen molar-refractivity contribution in [2.45, 2.75) is 19.4 Å². The summed E-state index contributed by atoms with van der Waals surface area (Å²) < 4.78 is 0. The van der Waals surface area contributed by atoms with E-state index in [1.54, 1.807) is 11.8 Å². The van der Waals surface area contributed by atoms with Crippen molar-refractivity contribution in [3.63, 3.8) is 0 Å². The molecular weight excluding hydrogens is 280 g/mol. The van der Waals surface area contributed by atoms with Crippen molar-refractivity contribution < 1.29 is 19.6 Å². The van der Waals surface area contributed by atoms with Gasteiger partial charge in [-0.15, -0.1) is 0 Å². The van der Waals surface area contributed by atoms with Crippen LogP contribution >= 0.6 is 0 Å². The Balaban J connectivity index is 2.42. The van der Waals surface area contributed by atoms with Crippen molar-refractivity contribution in [2.24, 2.45) is 11.7 Å². The molecule has 2 unspecified atom stereocenters. The van der Waals surface area contributed by atoms with Crippen LogP contribution in [-0.2, 0) is 4.79 Å². The zero-order valence-electron chi connectivity index (χ0n) is 11.2. The smallest absolute Gasteiger partial charge is 0.308 e. The lowest BCUT2D eigenvalue weighted by molar-refractivity contribution is -0.385. The van der Waals surface area contributed by atoms with E-state index in [0.29, 0.717) is 13.0 Å². The van der Waals surface area contributed by atoms with Gasteiger partial charge in [0.2, 0.25) is 0 Å². The van der Waals surface area contributed by atoms with Gasteiger partial charge in [0.25, 0.3) is 11.6 Å². The second-order valence-corrected chi connectivity index (χ2v) is 4.85. The summed E-state index contributed by atoms with van der Waals surface area (Å²) in [5, 5.41) is 19.9. The Morgan fingerprint density at radius 2 is 2.24 bits per heavy atom. The first kappa shape index (κ1) is 14.7. The highest BCUT2D eigenvalue weighted by Gasteiger charge is 2.37. The summed E-state index contributed by atoms with van der Waals surface area (Å²) in [5.41, 5.74) is 4.83. The number of aliphatic carboxylic acids is 1. The van der Waals surface area contributed by atoms with Crippen molar-refractivity contribution in [3.8, 4) is 0 Å². The van der Waals surface area contributed by atoms with Crippen LogP contribution in [0.4, 0.5) is 11.5 Å². The van der Waals surface area contributed by atoms with Crippen LogP contribution in [-0.4, -0.2) is 39.5 Å². The van der Waals surface area contributed by atoms with E-state index in [0.717, 1.165) is 12.3 Å². The van der Waals surface area contributed by atoms with E-state index >= 15 is 0 Å². The number of nitro groups is 1. The molecule has 1 aliphatic heterocycles. The summed E-state index contributed by atoms with van der Waals surface area (Å²) in [5.74, 6) is -2.16. The van der Waals surface area contributed by atoms with Crippen LogP contribution in [0.25, 0.3) is 0 Å². The molecule has 21 heavy (non-hydrogen) atoms. The maximum Gasteiger partial charge on any atom is 0.308 e. The molecule has 0 bridgehead atoms. The minimum atomic E-state index is -0.924. The summed E-state index contributed by atoms with van der Waals surface area (Å²) in [7, 11) is 0. The van der Waals surface area contributed by atoms with Gasteiger partial charge in [0.1, 0.15) is 12.0 Å². The first-order valence-corrected chi connectivity index (χ1v) is 6.26. The molecule has 0 saturated carbocycles. The topological polar surface area (TPSA) is 140 Å². The molecule has 9 heteroatoms. The maximum atomic E-state index is 11.5. The molecule has 0 spiro atoms. The van der Waals surface area contributed by atoms with E-state index in [1.165, 1.54) is 0 Å². The van der Waals surface area contributed by atoms with E-state index in [2.05, 4.69) is 4.98 Å².